The zero-order valence-electron chi connectivity index (χ0n) is 27.4. The minimum absolute atomic E-state index is 0.0689. The van der Waals surface area contributed by atoms with Crippen LogP contribution < -0.4 is 19.1 Å². The molecule has 0 aliphatic carbocycles. The van der Waals surface area contributed by atoms with Crippen molar-refractivity contribution in [3.8, 4) is 11.5 Å². The SMILES string of the molecule is COc1ccc(S(=O)(=O)N(CC(=O)N(Cc2ccc(Cl)cc2Cl)[C@@H](Cc2ccccc2)C(=O)NC(C)(C)C)c2ccccc2OC)cc1. The summed E-state index contributed by atoms with van der Waals surface area (Å²) in [5.41, 5.74) is 0.851. The molecule has 4 aromatic carbocycles. The van der Waals surface area contributed by atoms with Crippen LogP contribution in [-0.2, 0) is 32.6 Å². The Morgan fingerprint density at radius 2 is 1.50 bits per heavy atom. The molecule has 0 heterocycles. The van der Waals surface area contributed by atoms with Crippen LogP contribution in [0, 0.1) is 0 Å². The smallest absolute Gasteiger partial charge is 0.264 e. The summed E-state index contributed by atoms with van der Waals surface area (Å²) < 4.78 is 40.4. The summed E-state index contributed by atoms with van der Waals surface area (Å²) in [5, 5.41) is 3.70. The highest BCUT2D eigenvalue weighted by Gasteiger charge is 2.36. The number of carbonyl (C=O) groups excluding carboxylic acids is 2. The van der Waals surface area contributed by atoms with Gasteiger partial charge in [0.15, 0.2) is 0 Å². The third-order valence-corrected chi connectivity index (χ3v) is 9.77. The number of nitrogens with one attached hydrogen (secondary N) is 1. The van der Waals surface area contributed by atoms with Gasteiger partial charge >= 0.3 is 0 Å². The van der Waals surface area contributed by atoms with Crippen LogP contribution in [-0.4, -0.2) is 57.5 Å². The lowest BCUT2D eigenvalue weighted by Crippen LogP contribution is -2.56. The number of hydrogen-bond acceptors (Lipinski definition) is 6. The topological polar surface area (TPSA) is 105 Å². The molecule has 0 aromatic heterocycles. The molecule has 1 N–H and O–H groups in total. The maximum atomic E-state index is 14.7. The molecule has 2 amide bonds. The first-order valence-electron chi connectivity index (χ1n) is 15.1. The van der Waals surface area contributed by atoms with Gasteiger partial charge in [-0.25, -0.2) is 8.42 Å². The third kappa shape index (κ3) is 9.21. The van der Waals surface area contributed by atoms with Gasteiger partial charge in [-0.15, -0.1) is 0 Å². The number of benzene rings is 4. The third-order valence-electron chi connectivity index (χ3n) is 7.41. The highest BCUT2D eigenvalue weighted by molar-refractivity contribution is 7.92. The maximum Gasteiger partial charge on any atom is 0.264 e. The molecule has 0 unspecified atom stereocenters. The summed E-state index contributed by atoms with van der Waals surface area (Å²) >= 11 is 12.8. The summed E-state index contributed by atoms with van der Waals surface area (Å²) in [6.07, 6.45) is 0.152. The Balaban J connectivity index is 1.86. The Hall–Kier alpha value is -4.25. The molecule has 0 spiro atoms. The molecule has 0 radical (unpaired) electrons. The van der Waals surface area contributed by atoms with Gasteiger partial charge in [0.05, 0.1) is 24.8 Å². The summed E-state index contributed by atoms with van der Waals surface area (Å²) in [4.78, 5) is 30.1. The number of halogens is 2. The van der Waals surface area contributed by atoms with E-state index in [1.807, 2.05) is 51.1 Å². The van der Waals surface area contributed by atoms with E-state index in [-0.39, 0.29) is 29.3 Å². The van der Waals surface area contributed by atoms with Crippen molar-refractivity contribution >= 4 is 50.7 Å². The highest BCUT2D eigenvalue weighted by Crippen LogP contribution is 2.33. The molecule has 0 fully saturated rings. The second-order valence-corrected chi connectivity index (χ2v) is 14.8. The first-order chi connectivity index (χ1) is 22.7. The van der Waals surface area contributed by atoms with E-state index in [2.05, 4.69) is 5.32 Å². The summed E-state index contributed by atoms with van der Waals surface area (Å²) in [6.45, 7) is 4.77. The van der Waals surface area contributed by atoms with Gasteiger partial charge in [-0.1, -0.05) is 71.7 Å². The highest BCUT2D eigenvalue weighted by atomic mass is 35.5. The number of ether oxygens (including phenoxy) is 2. The summed E-state index contributed by atoms with van der Waals surface area (Å²) in [6, 6.07) is 25.5. The van der Waals surface area contributed by atoms with Crippen molar-refractivity contribution in [1.82, 2.24) is 10.2 Å². The van der Waals surface area contributed by atoms with Crippen molar-refractivity contribution in [2.45, 2.75) is 50.2 Å². The van der Waals surface area contributed by atoms with E-state index in [0.29, 0.717) is 21.4 Å². The fourth-order valence-corrected chi connectivity index (χ4v) is 6.96. The Bertz CT molecular complexity index is 1830. The van der Waals surface area contributed by atoms with Gasteiger partial charge in [0, 0.05) is 28.5 Å². The monoisotopic (exact) mass is 711 g/mol. The molecule has 0 saturated carbocycles. The zero-order chi connectivity index (χ0) is 35.1. The van der Waals surface area contributed by atoms with Crippen LogP contribution in [0.1, 0.15) is 31.9 Å². The number of hydrogen-bond donors (Lipinski definition) is 1. The van der Waals surface area contributed by atoms with Gasteiger partial charge in [0.1, 0.15) is 24.1 Å². The Morgan fingerprint density at radius 1 is 0.854 bits per heavy atom. The minimum Gasteiger partial charge on any atom is -0.497 e. The number of methoxy groups -OCH3 is 2. The van der Waals surface area contributed by atoms with Crippen LogP contribution in [0.3, 0.4) is 0 Å². The van der Waals surface area contributed by atoms with Crippen LogP contribution in [0.4, 0.5) is 5.69 Å². The summed E-state index contributed by atoms with van der Waals surface area (Å²) in [7, 11) is -1.46. The molecule has 254 valence electrons. The molecular formula is C36H39Cl2N3O6S. The molecule has 1 atom stereocenters. The van der Waals surface area contributed by atoms with E-state index in [9.17, 15) is 18.0 Å². The molecule has 4 rings (SSSR count). The van der Waals surface area contributed by atoms with E-state index >= 15 is 0 Å². The molecule has 48 heavy (non-hydrogen) atoms. The molecule has 0 aliphatic heterocycles. The molecule has 12 heteroatoms. The van der Waals surface area contributed by atoms with Gasteiger partial charge < -0.3 is 19.7 Å². The largest absolute Gasteiger partial charge is 0.497 e. The first-order valence-corrected chi connectivity index (χ1v) is 17.3. The maximum absolute atomic E-state index is 14.7. The van der Waals surface area contributed by atoms with E-state index < -0.39 is 40.0 Å². The standard InChI is InChI=1S/C36H39Cl2N3O6S/c1-36(2,3)39-35(43)32(21-25-11-7-6-8-12-25)40(23-26-15-16-27(37)22-30(26)38)34(42)24-41(31-13-9-10-14-33(31)47-5)48(44,45)29-19-17-28(46-4)18-20-29/h6-20,22,32H,21,23-24H2,1-5H3,(H,39,43)/t32-/m0/s1. The molecule has 0 aliphatic rings. The Labute approximate surface area is 292 Å². The van der Waals surface area contributed by atoms with Crippen molar-refractivity contribution < 1.29 is 27.5 Å². The number of para-hydroxylation sites is 2. The lowest BCUT2D eigenvalue weighted by molar-refractivity contribution is -0.140. The van der Waals surface area contributed by atoms with Crippen LogP contribution in [0.2, 0.25) is 10.0 Å². The Kier molecular flexibility index (Phi) is 12.0. The predicted molar refractivity (Wildman–Crippen MR) is 189 cm³/mol. The molecule has 0 bridgehead atoms. The quantitative estimate of drug-likeness (QED) is 0.164. The van der Waals surface area contributed by atoms with Gasteiger partial charge in [-0.2, -0.15) is 0 Å². The second kappa shape index (κ2) is 15.8. The van der Waals surface area contributed by atoms with E-state index in [4.69, 9.17) is 32.7 Å². The average Bonchev–Trinajstić information content (AvgIpc) is 3.05. The number of nitrogens with zero attached hydrogens (tertiary/aromatic N) is 2. The van der Waals surface area contributed by atoms with Gasteiger partial charge in [-0.05, 0) is 80.4 Å². The molecule has 9 nitrogen and oxygen atoms in total. The van der Waals surface area contributed by atoms with Crippen molar-refractivity contribution in [3.63, 3.8) is 0 Å². The number of amides is 2. The van der Waals surface area contributed by atoms with Crippen LogP contribution in [0.15, 0.2) is 102 Å². The van der Waals surface area contributed by atoms with E-state index in [0.717, 1.165) is 9.87 Å². The van der Waals surface area contributed by atoms with Crippen molar-refractivity contribution in [1.29, 1.82) is 0 Å². The average molecular weight is 713 g/mol. The number of rotatable bonds is 13. The van der Waals surface area contributed by atoms with E-state index in [1.54, 1.807) is 42.5 Å². The number of anilines is 1. The molecule has 4 aromatic rings. The van der Waals surface area contributed by atoms with Crippen LogP contribution >= 0.6 is 23.2 Å². The van der Waals surface area contributed by atoms with Gasteiger partial charge in [0.25, 0.3) is 10.0 Å². The van der Waals surface area contributed by atoms with Crippen LogP contribution in [0.25, 0.3) is 0 Å². The minimum atomic E-state index is -4.35. The Morgan fingerprint density at radius 3 is 2.10 bits per heavy atom. The fourth-order valence-electron chi connectivity index (χ4n) is 5.06. The lowest BCUT2D eigenvalue weighted by Gasteiger charge is -2.35. The van der Waals surface area contributed by atoms with Crippen molar-refractivity contribution in [3.05, 3.63) is 118 Å². The number of sulfonamides is 1. The lowest BCUT2D eigenvalue weighted by atomic mass is 10.0. The zero-order valence-corrected chi connectivity index (χ0v) is 29.8. The molecule has 0 saturated heterocycles. The van der Waals surface area contributed by atoms with Crippen molar-refractivity contribution in [2.75, 3.05) is 25.1 Å². The molecular weight excluding hydrogens is 673 g/mol. The first kappa shape index (κ1) is 36.6. The predicted octanol–water partition coefficient (Wildman–Crippen LogP) is 6.76. The van der Waals surface area contributed by atoms with Crippen molar-refractivity contribution in [2.24, 2.45) is 0 Å². The normalized spacial score (nSPS) is 12.1. The number of carbonyl (C=O) groups is 2. The fraction of sp³-hybridized carbons (Fsp3) is 0.278. The second-order valence-electron chi connectivity index (χ2n) is 12.1. The summed E-state index contributed by atoms with van der Waals surface area (Å²) in [5.74, 6) is -0.352. The van der Waals surface area contributed by atoms with Gasteiger partial charge in [0.2, 0.25) is 11.8 Å². The van der Waals surface area contributed by atoms with E-state index in [1.165, 1.54) is 43.4 Å². The van der Waals surface area contributed by atoms with Gasteiger partial charge in [-0.3, -0.25) is 13.9 Å². The van der Waals surface area contributed by atoms with Crippen LogP contribution in [0.5, 0.6) is 11.5 Å².